The lowest BCUT2D eigenvalue weighted by molar-refractivity contribution is 0.0924. The average Bonchev–Trinajstić information content (AvgIpc) is 3.29. The molecule has 1 fully saturated rings. The van der Waals surface area contributed by atoms with Crippen molar-refractivity contribution in [2.24, 2.45) is 5.92 Å². The van der Waals surface area contributed by atoms with Gasteiger partial charge in [0.2, 0.25) is 0 Å². The SMILES string of the molecule is Cc1cc(C[C@H]2COC[C@H]2NC(=O)c2cc(C)c3nc(N)sc3c2)on1. The molecule has 1 saturated heterocycles. The molecule has 0 aliphatic carbocycles. The number of benzene rings is 1. The van der Waals surface area contributed by atoms with Gasteiger partial charge < -0.3 is 20.3 Å². The molecule has 1 aliphatic rings. The number of carbonyl (C=O) groups is 1. The molecule has 8 heteroatoms. The first kappa shape index (κ1) is 17.0. The average molecular weight is 372 g/mol. The monoisotopic (exact) mass is 372 g/mol. The maximum absolute atomic E-state index is 12.8. The molecule has 136 valence electrons. The predicted octanol–water partition coefficient (Wildman–Crippen LogP) is 2.47. The number of thiazole rings is 1. The van der Waals surface area contributed by atoms with Crippen LogP contribution in [0, 0.1) is 19.8 Å². The van der Waals surface area contributed by atoms with Crippen molar-refractivity contribution >= 4 is 32.6 Å². The molecule has 1 aromatic carbocycles. The van der Waals surface area contributed by atoms with E-state index in [9.17, 15) is 4.79 Å². The number of rotatable bonds is 4. The Bertz CT molecular complexity index is 965. The predicted molar refractivity (Wildman–Crippen MR) is 99.3 cm³/mol. The van der Waals surface area contributed by atoms with Gasteiger partial charge in [-0.25, -0.2) is 4.98 Å². The molecule has 0 bridgehead atoms. The Labute approximate surface area is 154 Å². The van der Waals surface area contributed by atoms with Crippen molar-refractivity contribution in [1.82, 2.24) is 15.5 Å². The van der Waals surface area contributed by atoms with E-state index in [1.54, 1.807) is 0 Å². The van der Waals surface area contributed by atoms with Crippen LogP contribution in [0.2, 0.25) is 0 Å². The molecule has 7 nitrogen and oxygen atoms in total. The van der Waals surface area contributed by atoms with Crippen LogP contribution in [0.3, 0.4) is 0 Å². The summed E-state index contributed by atoms with van der Waals surface area (Å²) in [6, 6.07) is 5.55. The van der Waals surface area contributed by atoms with Crippen LogP contribution in [0.25, 0.3) is 10.2 Å². The van der Waals surface area contributed by atoms with Crippen molar-refractivity contribution in [2.45, 2.75) is 26.3 Å². The Morgan fingerprint density at radius 1 is 1.35 bits per heavy atom. The number of aromatic nitrogens is 2. The second-order valence-electron chi connectivity index (χ2n) is 6.71. The fourth-order valence-electron chi connectivity index (χ4n) is 3.33. The summed E-state index contributed by atoms with van der Waals surface area (Å²) in [5.74, 6) is 0.862. The van der Waals surface area contributed by atoms with E-state index < -0.39 is 0 Å². The summed E-state index contributed by atoms with van der Waals surface area (Å²) in [7, 11) is 0. The van der Waals surface area contributed by atoms with E-state index in [0.29, 0.717) is 30.3 Å². The van der Waals surface area contributed by atoms with Crippen LogP contribution in [0.15, 0.2) is 22.7 Å². The fourth-order valence-corrected chi connectivity index (χ4v) is 4.18. The molecule has 0 spiro atoms. The number of nitrogens with two attached hydrogens (primary N) is 1. The largest absolute Gasteiger partial charge is 0.379 e. The summed E-state index contributed by atoms with van der Waals surface area (Å²) in [6.45, 7) is 4.92. The Kier molecular flexibility index (Phi) is 4.37. The van der Waals surface area contributed by atoms with E-state index in [2.05, 4.69) is 15.5 Å². The second-order valence-corrected chi connectivity index (χ2v) is 7.77. The number of amides is 1. The molecular weight excluding hydrogens is 352 g/mol. The molecule has 3 aromatic rings. The molecule has 2 aromatic heterocycles. The summed E-state index contributed by atoms with van der Waals surface area (Å²) in [5, 5.41) is 7.52. The van der Waals surface area contributed by atoms with Crippen molar-refractivity contribution < 1.29 is 14.1 Å². The third-order valence-corrected chi connectivity index (χ3v) is 5.45. The molecule has 0 unspecified atom stereocenters. The van der Waals surface area contributed by atoms with Crippen LogP contribution in [0.5, 0.6) is 0 Å². The lowest BCUT2D eigenvalue weighted by Gasteiger charge is -2.18. The number of nitrogen functional groups attached to an aromatic ring is 1. The van der Waals surface area contributed by atoms with Crippen LogP contribution in [0.1, 0.15) is 27.4 Å². The van der Waals surface area contributed by atoms with Crippen LogP contribution in [-0.2, 0) is 11.2 Å². The summed E-state index contributed by atoms with van der Waals surface area (Å²) < 4.78 is 11.8. The van der Waals surface area contributed by atoms with E-state index in [-0.39, 0.29) is 17.9 Å². The number of aryl methyl sites for hydroxylation is 2. The van der Waals surface area contributed by atoms with Gasteiger partial charge in [-0.3, -0.25) is 4.79 Å². The number of hydrogen-bond donors (Lipinski definition) is 2. The molecule has 1 aliphatic heterocycles. The maximum Gasteiger partial charge on any atom is 0.251 e. The van der Waals surface area contributed by atoms with Crippen molar-refractivity contribution in [3.8, 4) is 0 Å². The number of carbonyl (C=O) groups excluding carboxylic acids is 1. The van der Waals surface area contributed by atoms with Gasteiger partial charge in [-0.05, 0) is 31.5 Å². The van der Waals surface area contributed by atoms with Crippen LogP contribution in [-0.4, -0.2) is 35.3 Å². The van der Waals surface area contributed by atoms with E-state index in [1.165, 1.54) is 11.3 Å². The van der Waals surface area contributed by atoms with E-state index in [1.807, 2.05) is 32.0 Å². The minimum Gasteiger partial charge on any atom is -0.379 e. The molecule has 3 heterocycles. The molecule has 3 N–H and O–H groups in total. The third kappa shape index (κ3) is 3.30. The Morgan fingerprint density at radius 2 is 2.19 bits per heavy atom. The number of nitrogens with one attached hydrogen (secondary N) is 1. The van der Waals surface area contributed by atoms with Crippen molar-refractivity contribution in [2.75, 3.05) is 18.9 Å². The van der Waals surface area contributed by atoms with E-state index >= 15 is 0 Å². The van der Waals surface area contributed by atoms with Gasteiger partial charge in [-0.15, -0.1) is 0 Å². The van der Waals surface area contributed by atoms with Crippen molar-refractivity contribution in [1.29, 1.82) is 0 Å². The van der Waals surface area contributed by atoms with Gasteiger partial charge in [0.05, 0.1) is 35.2 Å². The van der Waals surface area contributed by atoms with Crippen LogP contribution < -0.4 is 11.1 Å². The molecular formula is C18H20N4O3S. The van der Waals surface area contributed by atoms with Gasteiger partial charge >= 0.3 is 0 Å². The second kappa shape index (κ2) is 6.69. The fraction of sp³-hybridized carbons (Fsp3) is 0.389. The summed E-state index contributed by atoms with van der Waals surface area (Å²) in [5.41, 5.74) is 9.05. The maximum atomic E-state index is 12.8. The third-order valence-electron chi connectivity index (χ3n) is 4.62. The number of hydrogen-bond acceptors (Lipinski definition) is 7. The molecule has 2 atom stereocenters. The zero-order valence-electron chi connectivity index (χ0n) is 14.6. The van der Waals surface area contributed by atoms with Gasteiger partial charge in [0.1, 0.15) is 5.76 Å². The van der Waals surface area contributed by atoms with Crippen molar-refractivity contribution in [3.63, 3.8) is 0 Å². The lowest BCUT2D eigenvalue weighted by Crippen LogP contribution is -2.40. The van der Waals surface area contributed by atoms with Crippen LogP contribution >= 0.6 is 11.3 Å². The number of fused-ring (bicyclic) bond motifs is 1. The highest BCUT2D eigenvalue weighted by Gasteiger charge is 2.31. The smallest absolute Gasteiger partial charge is 0.251 e. The number of nitrogens with zero attached hydrogens (tertiary/aromatic N) is 2. The molecule has 0 radical (unpaired) electrons. The Balaban J connectivity index is 1.50. The summed E-state index contributed by atoms with van der Waals surface area (Å²) in [6.07, 6.45) is 0.690. The van der Waals surface area contributed by atoms with Crippen LogP contribution in [0.4, 0.5) is 5.13 Å². The first-order chi connectivity index (χ1) is 12.5. The quantitative estimate of drug-likeness (QED) is 0.729. The van der Waals surface area contributed by atoms with Gasteiger partial charge in [-0.2, -0.15) is 0 Å². The molecule has 0 saturated carbocycles. The standard InChI is InChI=1S/C18H20N4O3S/c1-9-3-11(6-15-16(9)21-18(19)26-15)17(23)20-14-8-24-7-12(14)5-13-4-10(2)22-25-13/h3-4,6,12,14H,5,7-8H2,1-2H3,(H2,19,21)(H,20,23)/t12-,14+/m0/s1. The van der Waals surface area contributed by atoms with Gasteiger partial charge in [-0.1, -0.05) is 16.5 Å². The zero-order chi connectivity index (χ0) is 18.3. The summed E-state index contributed by atoms with van der Waals surface area (Å²) >= 11 is 1.39. The highest BCUT2D eigenvalue weighted by molar-refractivity contribution is 7.22. The first-order valence-corrected chi connectivity index (χ1v) is 9.28. The number of anilines is 1. The molecule has 26 heavy (non-hydrogen) atoms. The first-order valence-electron chi connectivity index (χ1n) is 8.47. The zero-order valence-corrected chi connectivity index (χ0v) is 15.4. The minimum atomic E-state index is -0.115. The Morgan fingerprint density at radius 3 is 2.96 bits per heavy atom. The van der Waals surface area contributed by atoms with Gasteiger partial charge in [0.15, 0.2) is 5.13 Å². The summed E-state index contributed by atoms with van der Waals surface area (Å²) in [4.78, 5) is 17.1. The highest BCUT2D eigenvalue weighted by Crippen LogP contribution is 2.28. The normalized spacial score (nSPS) is 19.9. The van der Waals surface area contributed by atoms with Crippen molar-refractivity contribution in [3.05, 3.63) is 40.8 Å². The molecule has 4 rings (SSSR count). The Hall–Kier alpha value is -2.45. The van der Waals surface area contributed by atoms with E-state index in [0.717, 1.165) is 27.2 Å². The molecule has 1 amide bonds. The topological polar surface area (TPSA) is 103 Å². The number of ether oxygens (including phenoxy) is 1. The van der Waals surface area contributed by atoms with Gasteiger partial charge in [0, 0.05) is 24.0 Å². The van der Waals surface area contributed by atoms with E-state index in [4.69, 9.17) is 15.0 Å². The van der Waals surface area contributed by atoms with Gasteiger partial charge in [0.25, 0.3) is 5.91 Å². The lowest BCUT2D eigenvalue weighted by atomic mass is 9.97. The highest BCUT2D eigenvalue weighted by atomic mass is 32.1. The minimum absolute atomic E-state index is 0.0598.